The number of amides is 4. The van der Waals surface area contributed by atoms with Gasteiger partial charge in [-0.1, -0.05) is 30.3 Å². The molecule has 0 bridgehead atoms. The van der Waals surface area contributed by atoms with Gasteiger partial charge in [-0.15, -0.1) is 11.8 Å². The van der Waals surface area contributed by atoms with Crippen molar-refractivity contribution in [2.24, 2.45) is 0 Å². The highest BCUT2D eigenvalue weighted by molar-refractivity contribution is 8.00. The number of rotatable bonds is 5. The van der Waals surface area contributed by atoms with Gasteiger partial charge in [-0.3, -0.25) is 14.5 Å². The number of nitrogens with zero attached hydrogens (tertiary/aromatic N) is 2. The SMILES string of the molecule is CC1=C(C(=O)O)N2C(=O)[C@@H](NC(=O)[C@H](NC(=O)N3CCCC3)c3ccccc3)[C@H]2SC1. The molecule has 3 N–H and O–H groups in total. The maximum atomic E-state index is 13.1. The van der Waals surface area contributed by atoms with E-state index in [0.29, 0.717) is 30.0 Å². The van der Waals surface area contributed by atoms with Gasteiger partial charge in [-0.25, -0.2) is 9.59 Å². The predicted molar refractivity (Wildman–Crippen MR) is 114 cm³/mol. The molecule has 164 valence electrons. The quantitative estimate of drug-likeness (QED) is 0.589. The molecule has 3 heterocycles. The van der Waals surface area contributed by atoms with Crippen molar-refractivity contribution in [3.8, 4) is 0 Å². The number of aliphatic carboxylic acids is 1. The van der Waals surface area contributed by atoms with Gasteiger partial charge in [-0.2, -0.15) is 0 Å². The number of β-lactam (4-membered cyclic amide) rings is 1. The third-order valence-corrected chi connectivity index (χ3v) is 7.14. The summed E-state index contributed by atoms with van der Waals surface area (Å²) in [4.78, 5) is 52.9. The van der Waals surface area contributed by atoms with E-state index in [2.05, 4.69) is 10.6 Å². The molecule has 3 aliphatic rings. The summed E-state index contributed by atoms with van der Waals surface area (Å²) in [5, 5.41) is 14.5. The number of carbonyl (C=O) groups excluding carboxylic acids is 3. The first kappa shape index (κ1) is 21.2. The zero-order valence-corrected chi connectivity index (χ0v) is 17.9. The molecule has 0 aliphatic carbocycles. The van der Waals surface area contributed by atoms with Gasteiger partial charge in [-0.05, 0) is 30.9 Å². The minimum atomic E-state index is -1.15. The van der Waals surface area contributed by atoms with E-state index >= 15 is 0 Å². The van der Waals surface area contributed by atoms with Gasteiger partial charge in [0.1, 0.15) is 23.2 Å². The Balaban J connectivity index is 1.50. The fourth-order valence-electron chi connectivity index (χ4n) is 4.09. The number of carboxylic acid groups (broad SMARTS) is 1. The standard InChI is InChI=1S/C21H24N4O5S/c1-12-11-31-19-15(18(27)25(19)16(12)20(28)29)22-17(26)14(13-7-3-2-4-8-13)23-21(30)24-9-5-6-10-24/h2-4,7-8,14-15,19H,5-6,9-11H2,1H3,(H,22,26)(H,23,30)(H,28,29)/t14-,15-,19-/m1/s1. The molecule has 4 amide bonds. The zero-order valence-electron chi connectivity index (χ0n) is 17.0. The van der Waals surface area contributed by atoms with E-state index in [1.54, 1.807) is 36.1 Å². The maximum absolute atomic E-state index is 13.1. The molecule has 0 saturated carbocycles. The second kappa shape index (κ2) is 8.62. The molecule has 9 nitrogen and oxygen atoms in total. The van der Waals surface area contributed by atoms with Crippen LogP contribution >= 0.6 is 11.8 Å². The molecule has 0 aromatic heterocycles. The number of carbonyl (C=O) groups is 4. The summed E-state index contributed by atoms with van der Waals surface area (Å²) >= 11 is 1.41. The number of likely N-dealkylation sites (tertiary alicyclic amines) is 1. The van der Waals surface area contributed by atoms with Crippen LogP contribution in [-0.4, -0.2) is 69.0 Å². The van der Waals surface area contributed by atoms with Crippen molar-refractivity contribution < 1.29 is 24.3 Å². The van der Waals surface area contributed by atoms with Gasteiger partial charge in [0.05, 0.1) is 0 Å². The first-order valence-corrected chi connectivity index (χ1v) is 11.2. The lowest BCUT2D eigenvalue weighted by atomic mass is 10.0. The van der Waals surface area contributed by atoms with Gasteiger partial charge in [0.2, 0.25) is 5.91 Å². The second-order valence-corrected chi connectivity index (χ2v) is 8.92. The van der Waals surface area contributed by atoms with E-state index in [9.17, 15) is 24.3 Å². The van der Waals surface area contributed by atoms with Crippen LogP contribution in [0.2, 0.25) is 0 Å². The van der Waals surface area contributed by atoms with Crippen LogP contribution in [0.5, 0.6) is 0 Å². The number of hydrogen-bond acceptors (Lipinski definition) is 5. The van der Waals surface area contributed by atoms with E-state index in [1.165, 1.54) is 16.7 Å². The maximum Gasteiger partial charge on any atom is 0.352 e. The molecule has 1 aromatic carbocycles. The molecular weight excluding hydrogens is 420 g/mol. The summed E-state index contributed by atoms with van der Waals surface area (Å²) in [6.45, 7) is 2.98. The van der Waals surface area contributed by atoms with E-state index < -0.39 is 35.2 Å². The Kier molecular flexibility index (Phi) is 5.90. The van der Waals surface area contributed by atoms with Crippen molar-refractivity contribution in [2.45, 2.75) is 37.2 Å². The van der Waals surface area contributed by atoms with Crippen LogP contribution in [-0.2, 0) is 14.4 Å². The monoisotopic (exact) mass is 444 g/mol. The molecule has 1 aromatic rings. The Labute approximate surface area is 183 Å². The van der Waals surface area contributed by atoms with Crippen LogP contribution in [0.1, 0.15) is 31.4 Å². The minimum absolute atomic E-state index is 0.0128. The van der Waals surface area contributed by atoms with Gasteiger partial charge in [0.15, 0.2) is 0 Å². The van der Waals surface area contributed by atoms with Crippen molar-refractivity contribution in [3.63, 3.8) is 0 Å². The third-order valence-electron chi connectivity index (χ3n) is 5.72. The van der Waals surface area contributed by atoms with E-state index in [0.717, 1.165) is 12.8 Å². The molecule has 0 unspecified atom stereocenters. The molecule has 3 atom stereocenters. The summed E-state index contributed by atoms with van der Waals surface area (Å²) in [6.07, 6.45) is 1.86. The Morgan fingerprint density at radius 3 is 2.48 bits per heavy atom. The molecule has 10 heteroatoms. The summed E-state index contributed by atoms with van der Waals surface area (Å²) in [7, 11) is 0. The highest BCUT2D eigenvalue weighted by Crippen LogP contribution is 2.40. The smallest absolute Gasteiger partial charge is 0.352 e. The Morgan fingerprint density at radius 2 is 1.84 bits per heavy atom. The zero-order chi connectivity index (χ0) is 22.1. The number of benzene rings is 1. The average molecular weight is 445 g/mol. The summed E-state index contributed by atoms with van der Waals surface area (Å²) in [5.41, 5.74) is 1.21. The lowest BCUT2D eigenvalue weighted by Crippen LogP contribution is -2.71. The van der Waals surface area contributed by atoms with Crippen molar-refractivity contribution in [2.75, 3.05) is 18.8 Å². The van der Waals surface area contributed by atoms with Crippen LogP contribution in [0.25, 0.3) is 0 Å². The van der Waals surface area contributed by atoms with Gasteiger partial charge in [0, 0.05) is 18.8 Å². The first-order chi connectivity index (χ1) is 14.9. The number of carboxylic acids is 1. The molecule has 3 aliphatic heterocycles. The highest BCUT2D eigenvalue weighted by atomic mass is 32.2. The number of urea groups is 1. The van der Waals surface area contributed by atoms with Crippen molar-refractivity contribution in [1.82, 2.24) is 20.4 Å². The van der Waals surface area contributed by atoms with Gasteiger partial charge >= 0.3 is 12.0 Å². The summed E-state index contributed by atoms with van der Waals surface area (Å²) in [5.74, 6) is -1.64. The fraction of sp³-hybridized carbons (Fsp3) is 0.429. The van der Waals surface area contributed by atoms with E-state index in [-0.39, 0.29) is 11.7 Å². The van der Waals surface area contributed by atoms with Crippen molar-refractivity contribution in [1.29, 1.82) is 0 Å². The Hall–Kier alpha value is -3.01. The summed E-state index contributed by atoms with van der Waals surface area (Å²) < 4.78 is 0. The normalized spacial score (nSPS) is 23.7. The van der Waals surface area contributed by atoms with Gasteiger partial charge in [0.25, 0.3) is 5.91 Å². The molecule has 2 fully saturated rings. The lowest BCUT2D eigenvalue weighted by molar-refractivity contribution is -0.151. The molecule has 0 radical (unpaired) electrons. The average Bonchev–Trinajstić information content (AvgIpc) is 3.30. The van der Waals surface area contributed by atoms with Crippen molar-refractivity contribution in [3.05, 3.63) is 47.2 Å². The summed E-state index contributed by atoms with van der Waals surface area (Å²) in [6, 6.07) is 6.74. The molecular formula is C21H24N4O5S. The first-order valence-electron chi connectivity index (χ1n) is 10.2. The molecule has 31 heavy (non-hydrogen) atoms. The van der Waals surface area contributed by atoms with Crippen LogP contribution < -0.4 is 10.6 Å². The molecule has 0 spiro atoms. The van der Waals surface area contributed by atoms with Crippen LogP contribution in [0.3, 0.4) is 0 Å². The predicted octanol–water partition coefficient (Wildman–Crippen LogP) is 1.29. The second-order valence-electron chi connectivity index (χ2n) is 7.82. The topological polar surface area (TPSA) is 119 Å². The molecule has 2 saturated heterocycles. The number of thioether (sulfide) groups is 1. The van der Waals surface area contributed by atoms with Gasteiger partial charge < -0.3 is 20.6 Å². The van der Waals surface area contributed by atoms with E-state index in [4.69, 9.17) is 0 Å². The minimum Gasteiger partial charge on any atom is -0.477 e. The number of hydrogen-bond donors (Lipinski definition) is 3. The lowest BCUT2D eigenvalue weighted by Gasteiger charge is -2.49. The van der Waals surface area contributed by atoms with Crippen LogP contribution in [0, 0.1) is 0 Å². The number of fused-ring (bicyclic) bond motifs is 1. The van der Waals surface area contributed by atoms with Crippen LogP contribution in [0.4, 0.5) is 4.79 Å². The number of nitrogens with one attached hydrogen (secondary N) is 2. The highest BCUT2D eigenvalue weighted by Gasteiger charge is 2.54. The fourth-order valence-corrected chi connectivity index (χ4v) is 5.39. The van der Waals surface area contributed by atoms with E-state index in [1.807, 2.05) is 6.07 Å². The Morgan fingerprint density at radius 1 is 1.16 bits per heavy atom. The molecule has 4 rings (SSSR count). The Bertz CT molecular complexity index is 944. The van der Waals surface area contributed by atoms with Crippen LogP contribution in [0.15, 0.2) is 41.6 Å². The third kappa shape index (κ3) is 3.99. The van der Waals surface area contributed by atoms with Crippen molar-refractivity contribution >= 4 is 35.6 Å². The largest absolute Gasteiger partial charge is 0.477 e.